The third kappa shape index (κ3) is 4.56. The number of carbonyl (C=O) groups excluding carboxylic acids is 2. The van der Waals surface area contributed by atoms with Crippen molar-refractivity contribution in [1.29, 1.82) is 0 Å². The van der Waals surface area contributed by atoms with Crippen molar-refractivity contribution in [3.05, 3.63) is 59.9 Å². The Bertz CT molecular complexity index is 1400. The minimum absolute atomic E-state index is 0.0175. The summed E-state index contributed by atoms with van der Waals surface area (Å²) < 4.78 is 7.62. The number of likely N-dealkylation sites (tertiary alicyclic amines) is 1. The molecule has 0 atom stereocenters. The quantitative estimate of drug-likeness (QED) is 0.499. The van der Waals surface area contributed by atoms with E-state index < -0.39 is 0 Å². The summed E-state index contributed by atoms with van der Waals surface area (Å²) in [4.78, 5) is 31.4. The highest BCUT2D eigenvalue weighted by molar-refractivity contribution is 6.02. The van der Waals surface area contributed by atoms with Crippen LogP contribution in [-0.4, -0.2) is 57.1 Å². The maximum Gasteiger partial charge on any atom is 0.260 e. The molecule has 36 heavy (non-hydrogen) atoms. The smallest absolute Gasteiger partial charge is 0.260 e. The van der Waals surface area contributed by atoms with Gasteiger partial charge in [-0.15, -0.1) is 0 Å². The molecule has 6 rings (SSSR count). The molecule has 2 N–H and O–H groups in total. The van der Waals surface area contributed by atoms with E-state index >= 15 is 0 Å². The van der Waals surface area contributed by atoms with Crippen LogP contribution in [0.25, 0.3) is 23.0 Å². The van der Waals surface area contributed by atoms with Gasteiger partial charge in [0.05, 0.1) is 11.9 Å². The summed E-state index contributed by atoms with van der Waals surface area (Å²) in [5.74, 6) is 1.34. The fraction of sp³-hybridized carbons (Fsp3) is 0.333. The van der Waals surface area contributed by atoms with Crippen molar-refractivity contribution in [2.24, 2.45) is 0 Å². The summed E-state index contributed by atoms with van der Waals surface area (Å²) in [7, 11) is 0. The average molecular weight is 485 g/mol. The van der Waals surface area contributed by atoms with Crippen molar-refractivity contribution >= 4 is 29.4 Å². The third-order valence-corrected chi connectivity index (χ3v) is 6.69. The second-order valence-corrected chi connectivity index (χ2v) is 9.59. The molecule has 9 nitrogen and oxygen atoms in total. The fourth-order valence-electron chi connectivity index (χ4n) is 4.62. The lowest BCUT2D eigenvalue weighted by Gasteiger charge is -2.16. The van der Waals surface area contributed by atoms with E-state index in [4.69, 9.17) is 9.72 Å². The van der Waals surface area contributed by atoms with E-state index in [1.54, 1.807) is 10.7 Å². The number of carbonyl (C=O) groups is 2. The number of ether oxygens (including phenoxy) is 1. The van der Waals surface area contributed by atoms with E-state index in [2.05, 4.69) is 22.3 Å². The molecule has 184 valence electrons. The normalized spacial score (nSPS) is 18.8. The SMILES string of the molecule is C=C1C/C(=C\c2cnn3c(NC4CC4)cc(-c4cccc(OCC(=O)N5CCCC5)c4)nc23)C(=O)N1. The molecule has 3 aromatic rings. The highest BCUT2D eigenvalue weighted by atomic mass is 16.5. The van der Waals surface area contributed by atoms with Crippen LogP contribution < -0.4 is 15.4 Å². The van der Waals surface area contributed by atoms with Gasteiger partial charge in [0.1, 0.15) is 11.6 Å². The van der Waals surface area contributed by atoms with Gasteiger partial charge in [0.25, 0.3) is 11.8 Å². The molecule has 2 aliphatic heterocycles. The summed E-state index contributed by atoms with van der Waals surface area (Å²) in [6.07, 6.45) is 8.39. The number of benzene rings is 1. The van der Waals surface area contributed by atoms with Gasteiger partial charge < -0.3 is 20.3 Å². The van der Waals surface area contributed by atoms with Crippen LogP contribution in [0.15, 0.2) is 54.4 Å². The molecule has 2 saturated heterocycles. The number of amides is 2. The third-order valence-electron chi connectivity index (χ3n) is 6.69. The summed E-state index contributed by atoms with van der Waals surface area (Å²) in [6, 6.07) is 10.0. The highest BCUT2D eigenvalue weighted by Gasteiger charge is 2.24. The zero-order valence-electron chi connectivity index (χ0n) is 20.0. The number of aromatic nitrogens is 3. The lowest BCUT2D eigenvalue weighted by atomic mass is 10.1. The fourth-order valence-corrected chi connectivity index (χ4v) is 4.62. The first-order chi connectivity index (χ1) is 17.5. The number of hydrogen-bond acceptors (Lipinski definition) is 6. The van der Waals surface area contributed by atoms with Gasteiger partial charge in [-0.25, -0.2) is 4.98 Å². The molecule has 3 aliphatic rings. The minimum atomic E-state index is -0.139. The Morgan fingerprint density at radius 2 is 2.08 bits per heavy atom. The molecule has 4 heterocycles. The second-order valence-electron chi connectivity index (χ2n) is 9.59. The van der Waals surface area contributed by atoms with Crippen molar-refractivity contribution in [2.45, 2.75) is 38.1 Å². The Morgan fingerprint density at radius 1 is 1.25 bits per heavy atom. The van der Waals surface area contributed by atoms with Crippen LogP contribution in [-0.2, 0) is 9.59 Å². The molecule has 0 radical (unpaired) electrons. The van der Waals surface area contributed by atoms with Gasteiger partial charge >= 0.3 is 0 Å². The van der Waals surface area contributed by atoms with Gasteiger partial charge in [-0.3, -0.25) is 9.59 Å². The Hall–Kier alpha value is -4.14. The van der Waals surface area contributed by atoms with Crippen molar-refractivity contribution < 1.29 is 14.3 Å². The summed E-state index contributed by atoms with van der Waals surface area (Å²) in [6.45, 7) is 5.50. The van der Waals surface area contributed by atoms with Gasteiger partial charge in [-0.1, -0.05) is 18.7 Å². The van der Waals surface area contributed by atoms with Crippen LogP contribution in [0, 0.1) is 0 Å². The van der Waals surface area contributed by atoms with E-state index in [-0.39, 0.29) is 18.4 Å². The van der Waals surface area contributed by atoms with Crippen LogP contribution in [0.2, 0.25) is 0 Å². The molecule has 9 heteroatoms. The predicted molar refractivity (Wildman–Crippen MR) is 136 cm³/mol. The van der Waals surface area contributed by atoms with Crippen LogP contribution >= 0.6 is 0 Å². The zero-order valence-corrected chi connectivity index (χ0v) is 20.0. The summed E-state index contributed by atoms with van der Waals surface area (Å²) in [5, 5.41) is 10.8. The van der Waals surface area contributed by atoms with Gasteiger partial charge in [0.15, 0.2) is 12.3 Å². The number of fused-ring (bicyclic) bond motifs is 1. The van der Waals surface area contributed by atoms with Crippen LogP contribution in [0.1, 0.15) is 37.7 Å². The van der Waals surface area contributed by atoms with E-state index in [0.29, 0.717) is 35.1 Å². The maximum absolute atomic E-state index is 12.4. The molecule has 0 bridgehead atoms. The topological polar surface area (TPSA) is 101 Å². The first-order valence-electron chi connectivity index (χ1n) is 12.4. The van der Waals surface area contributed by atoms with Gasteiger partial charge in [0.2, 0.25) is 0 Å². The van der Waals surface area contributed by atoms with Crippen LogP contribution in [0.4, 0.5) is 5.82 Å². The molecule has 0 spiro atoms. The first kappa shape index (κ1) is 22.3. The molecule has 2 amide bonds. The molecule has 1 saturated carbocycles. The standard InChI is InChI=1S/C27H28N6O3/c1-17-11-19(27(35)29-17)12-20-15-28-33-24(30-21-7-8-21)14-23(31-26(20)33)18-5-4-6-22(13-18)36-16-25(34)32-9-2-3-10-32/h4-6,12-15,21,30H,1-3,7-11,16H2,(H,29,35)/b19-12+. The Labute approximate surface area is 208 Å². The Kier molecular flexibility index (Phi) is 5.67. The number of nitrogens with zero attached hydrogens (tertiary/aromatic N) is 4. The number of rotatable bonds is 7. The van der Waals surface area contributed by atoms with Crippen LogP contribution in [0.3, 0.4) is 0 Å². The molecule has 2 aromatic heterocycles. The lowest BCUT2D eigenvalue weighted by Crippen LogP contribution is -2.32. The molecule has 3 fully saturated rings. The van der Waals surface area contributed by atoms with Crippen molar-refractivity contribution in [1.82, 2.24) is 24.8 Å². The molecule has 0 unspecified atom stereocenters. The van der Waals surface area contributed by atoms with Crippen LogP contribution in [0.5, 0.6) is 5.75 Å². The Morgan fingerprint density at radius 3 is 2.83 bits per heavy atom. The molecule has 1 aromatic carbocycles. The number of allylic oxidation sites excluding steroid dienone is 1. The maximum atomic E-state index is 12.4. The second kappa shape index (κ2) is 9.14. The number of hydrogen-bond donors (Lipinski definition) is 2. The van der Waals surface area contributed by atoms with Gasteiger partial charge in [-0.2, -0.15) is 9.61 Å². The largest absolute Gasteiger partial charge is 0.484 e. The van der Waals surface area contributed by atoms with Crippen molar-refractivity contribution in [3.8, 4) is 17.0 Å². The highest BCUT2D eigenvalue weighted by Crippen LogP contribution is 2.31. The Balaban J connectivity index is 1.32. The van der Waals surface area contributed by atoms with E-state index in [1.807, 2.05) is 41.3 Å². The summed E-state index contributed by atoms with van der Waals surface area (Å²) in [5.41, 5.74) is 4.36. The van der Waals surface area contributed by atoms with Crippen molar-refractivity contribution in [3.63, 3.8) is 0 Å². The lowest BCUT2D eigenvalue weighted by molar-refractivity contribution is -0.132. The predicted octanol–water partition coefficient (Wildman–Crippen LogP) is 3.39. The molecule has 1 aliphatic carbocycles. The molecular weight excluding hydrogens is 456 g/mol. The zero-order chi connectivity index (χ0) is 24.6. The summed E-state index contributed by atoms with van der Waals surface area (Å²) >= 11 is 0. The average Bonchev–Trinajstić information content (AvgIpc) is 3.23. The number of nitrogens with one attached hydrogen (secondary N) is 2. The van der Waals surface area contributed by atoms with E-state index in [0.717, 1.165) is 61.4 Å². The van der Waals surface area contributed by atoms with Gasteiger partial charge in [0, 0.05) is 54.0 Å². The first-order valence-corrected chi connectivity index (χ1v) is 12.4. The minimum Gasteiger partial charge on any atom is -0.484 e. The molecular formula is C27H28N6O3. The monoisotopic (exact) mass is 484 g/mol. The van der Waals surface area contributed by atoms with E-state index in [9.17, 15) is 9.59 Å². The van der Waals surface area contributed by atoms with Gasteiger partial charge in [-0.05, 0) is 43.9 Å². The van der Waals surface area contributed by atoms with Crippen molar-refractivity contribution in [2.75, 3.05) is 25.0 Å². The van der Waals surface area contributed by atoms with E-state index in [1.165, 1.54) is 0 Å². The number of anilines is 1.